The van der Waals surface area contributed by atoms with E-state index in [2.05, 4.69) is 10.2 Å². The van der Waals surface area contributed by atoms with Gasteiger partial charge in [0, 0.05) is 38.2 Å². The number of carbonyl (C=O) groups is 3. The molecule has 136 valence electrons. The van der Waals surface area contributed by atoms with E-state index in [9.17, 15) is 14.4 Å². The Morgan fingerprint density at radius 1 is 1.12 bits per heavy atom. The average molecular weight is 345 g/mol. The van der Waals surface area contributed by atoms with Crippen LogP contribution in [0.3, 0.4) is 0 Å². The first-order valence-electron chi connectivity index (χ1n) is 8.86. The zero-order valence-electron chi connectivity index (χ0n) is 15.2. The van der Waals surface area contributed by atoms with E-state index in [1.807, 2.05) is 18.7 Å². The fourth-order valence-electron chi connectivity index (χ4n) is 3.10. The Balaban J connectivity index is 2.00. The lowest BCUT2D eigenvalue weighted by molar-refractivity contribution is -0.130. The van der Waals surface area contributed by atoms with Crippen LogP contribution in [0.1, 0.15) is 44.0 Å². The maximum atomic E-state index is 12.6. The van der Waals surface area contributed by atoms with E-state index in [0.29, 0.717) is 30.8 Å². The Morgan fingerprint density at radius 3 is 2.52 bits per heavy atom. The van der Waals surface area contributed by atoms with Crippen LogP contribution in [0.15, 0.2) is 24.3 Å². The first-order chi connectivity index (χ1) is 11.9. The molecule has 1 unspecified atom stereocenters. The third-order valence-electron chi connectivity index (χ3n) is 4.68. The molecule has 0 spiro atoms. The summed E-state index contributed by atoms with van der Waals surface area (Å²) in [7, 11) is 0. The summed E-state index contributed by atoms with van der Waals surface area (Å²) in [5.41, 5.74) is 1.06. The third kappa shape index (κ3) is 4.89. The van der Waals surface area contributed by atoms with Crippen LogP contribution in [-0.2, 0) is 9.59 Å². The van der Waals surface area contributed by atoms with Crippen molar-refractivity contribution < 1.29 is 14.4 Å². The summed E-state index contributed by atoms with van der Waals surface area (Å²) in [6.45, 7) is 8.06. The molecule has 2 amide bonds. The Kier molecular flexibility index (Phi) is 6.70. The van der Waals surface area contributed by atoms with Gasteiger partial charge in [-0.05, 0) is 32.4 Å². The maximum Gasteiger partial charge on any atom is 0.241 e. The average Bonchev–Trinajstić information content (AvgIpc) is 2.86. The summed E-state index contributed by atoms with van der Waals surface area (Å²) in [5, 5.41) is 2.87. The van der Waals surface area contributed by atoms with Crippen LogP contribution in [0.4, 0.5) is 5.69 Å². The van der Waals surface area contributed by atoms with Gasteiger partial charge < -0.3 is 10.2 Å². The molecule has 1 aromatic carbocycles. The van der Waals surface area contributed by atoms with E-state index < -0.39 is 0 Å². The topological polar surface area (TPSA) is 69.7 Å². The van der Waals surface area contributed by atoms with Gasteiger partial charge in [-0.15, -0.1) is 0 Å². The predicted molar refractivity (Wildman–Crippen MR) is 97.6 cm³/mol. The number of rotatable bonds is 5. The molecule has 0 aliphatic carbocycles. The molecule has 1 aliphatic rings. The summed E-state index contributed by atoms with van der Waals surface area (Å²) >= 11 is 0. The van der Waals surface area contributed by atoms with Crippen LogP contribution in [0.2, 0.25) is 0 Å². The number of hydrogen-bond acceptors (Lipinski definition) is 4. The molecule has 1 atom stereocenters. The molecule has 0 aromatic heterocycles. The number of carbonyl (C=O) groups excluding carboxylic acids is 3. The Labute approximate surface area is 149 Å². The highest BCUT2D eigenvalue weighted by Gasteiger charge is 2.25. The van der Waals surface area contributed by atoms with Gasteiger partial charge in [0.1, 0.15) is 0 Å². The summed E-state index contributed by atoms with van der Waals surface area (Å²) in [4.78, 5) is 40.2. The van der Waals surface area contributed by atoms with Crippen LogP contribution in [0.5, 0.6) is 0 Å². The fourth-order valence-corrected chi connectivity index (χ4v) is 3.10. The number of hydrogen-bond donors (Lipinski definition) is 1. The molecule has 1 saturated heterocycles. The van der Waals surface area contributed by atoms with Gasteiger partial charge in [-0.3, -0.25) is 19.3 Å². The molecule has 1 aliphatic heterocycles. The molecule has 1 N–H and O–H groups in total. The van der Waals surface area contributed by atoms with Crippen molar-refractivity contribution in [2.24, 2.45) is 0 Å². The molecule has 2 rings (SSSR count). The van der Waals surface area contributed by atoms with Gasteiger partial charge in [0.2, 0.25) is 11.8 Å². The van der Waals surface area contributed by atoms with Crippen molar-refractivity contribution in [1.29, 1.82) is 0 Å². The second-order valence-electron chi connectivity index (χ2n) is 6.39. The minimum atomic E-state index is -0.323. The standard InChI is InChI=1S/C19H27N3O3/c1-4-18(24)22-11-7-10-21(12-13-22)14(2)19(25)20-17-9-6-5-8-16(17)15(3)23/h5-6,8-9,14H,4,7,10-13H2,1-3H3,(H,20,25). The molecule has 6 heteroatoms. The molecule has 25 heavy (non-hydrogen) atoms. The highest BCUT2D eigenvalue weighted by molar-refractivity contribution is 6.04. The van der Waals surface area contributed by atoms with Crippen LogP contribution in [0.25, 0.3) is 0 Å². The van der Waals surface area contributed by atoms with Crippen molar-refractivity contribution in [3.8, 4) is 0 Å². The molecular formula is C19H27N3O3. The molecule has 1 heterocycles. The van der Waals surface area contributed by atoms with Crippen molar-refractivity contribution in [3.63, 3.8) is 0 Å². The Bertz CT molecular complexity index is 645. The van der Waals surface area contributed by atoms with Crippen molar-refractivity contribution in [1.82, 2.24) is 9.80 Å². The Morgan fingerprint density at radius 2 is 1.84 bits per heavy atom. The first-order valence-corrected chi connectivity index (χ1v) is 8.86. The van der Waals surface area contributed by atoms with E-state index in [1.54, 1.807) is 24.3 Å². The molecule has 0 bridgehead atoms. The highest BCUT2D eigenvalue weighted by atomic mass is 16.2. The molecule has 1 aromatic rings. The second-order valence-corrected chi connectivity index (χ2v) is 6.39. The van der Waals surface area contributed by atoms with Crippen molar-refractivity contribution in [3.05, 3.63) is 29.8 Å². The minimum absolute atomic E-state index is 0.0768. The lowest BCUT2D eigenvalue weighted by Gasteiger charge is -2.27. The first kappa shape index (κ1) is 19.1. The number of Topliss-reactive ketones (excluding diaryl/α,β-unsaturated/α-hetero) is 1. The van der Waals surface area contributed by atoms with Crippen molar-refractivity contribution in [2.75, 3.05) is 31.5 Å². The van der Waals surface area contributed by atoms with Crippen molar-refractivity contribution >= 4 is 23.3 Å². The number of amides is 2. The Hall–Kier alpha value is -2.21. The summed E-state index contributed by atoms with van der Waals surface area (Å²) in [6, 6.07) is 6.71. The van der Waals surface area contributed by atoms with Gasteiger partial charge in [-0.1, -0.05) is 19.1 Å². The van der Waals surface area contributed by atoms with E-state index in [-0.39, 0.29) is 23.6 Å². The number of nitrogens with one attached hydrogen (secondary N) is 1. The summed E-state index contributed by atoms with van der Waals surface area (Å²) in [5.74, 6) is -0.0506. The quantitative estimate of drug-likeness (QED) is 0.830. The van der Waals surface area contributed by atoms with Crippen LogP contribution >= 0.6 is 0 Å². The number of anilines is 1. The monoisotopic (exact) mass is 345 g/mol. The third-order valence-corrected chi connectivity index (χ3v) is 4.68. The van der Waals surface area contributed by atoms with Crippen molar-refractivity contribution in [2.45, 2.75) is 39.7 Å². The van der Waals surface area contributed by atoms with Gasteiger partial charge in [0.25, 0.3) is 0 Å². The van der Waals surface area contributed by atoms with E-state index in [1.165, 1.54) is 6.92 Å². The largest absolute Gasteiger partial charge is 0.341 e. The van der Waals surface area contributed by atoms with Gasteiger partial charge in [-0.25, -0.2) is 0 Å². The lowest BCUT2D eigenvalue weighted by Crippen LogP contribution is -2.44. The number of benzene rings is 1. The number of nitrogens with zero attached hydrogens (tertiary/aromatic N) is 2. The number of ketones is 1. The molecule has 6 nitrogen and oxygen atoms in total. The van der Waals surface area contributed by atoms with Gasteiger partial charge >= 0.3 is 0 Å². The fraction of sp³-hybridized carbons (Fsp3) is 0.526. The van der Waals surface area contributed by atoms with Crippen LogP contribution in [0, 0.1) is 0 Å². The van der Waals surface area contributed by atoms with Gasteiger partial charge in [0.05, 0.1) is 11.7 Å². The molecule has 0 saturated carbocycles. The van der Waals surface area contributed by atoms with Crippen LogP contribution in [-0.4, -0.2) is 59.6 Å². The van der Waals surface area contributed by atoms with Crippen LogP contribution < -0.4 is 5.32 Å². The smallest absolute Gasteiger partial charge is 0.241 e. The van der Waals surface area contributed by atoms with E-state index >= 15 is 0 Å². The zero-order valence-corrected chi connectivity index (χ0v) is 15.2. The highest BCUT2D eigenvalue weighted by Crippen LogP contribution is 2.17. The molecule has 0 radical (unpaired) electrons. The normalized spacial score (nSPS) is 16.8. The van der Waals surface area contributed by atoms with Gasteiger partial charge in [-0.2, -0.15) is 0 Å². The second kappa shape index (κ2) is 8.76. The zero-order chi connectivity index (χ0) is 18.4. The van der Waals surface area contributed by atoms with E-state index in [4.69, 9.17) is 0 Å². The van der Waals surface area contributed by atoms with Gasteiger partial charge in [0.15, 0.2) is 5.78 Å². The molecule has 1 fully saturated rings. The summed E-state index contributed by atoms with van der Waals surface area (Å²) in [6.07, 6.45) is 1.37. The minimum Gasteiger partial charge on any atom is -0.341 e. The SMILES string of the molecule is CCC(=O)N1CCCN(C(C)C(=O)Nc2ccccc2C(C)=O)CC1. The predicted octanol–water partition coefficient (Wildman–Crippen LogP) is 2.16. The number of para-hydroxylation sites is 1. The van der Waals surface area contributed by atoms with E-state index in [0.717, 1.165) is 19.5 Å². The maximum absolute atomic E-state index is 12.6. The lowest BCUT2D eigenvalue weighted by atomic mass is 10.1. The molecular weight excluding hydrogens is 318 g/mol. The summed E-state index contributed by atoms with van der Waals surface area (Å²) < 4.78 is 0.